The summed E-state index contributed by atoms with van der Waals surface area (Å²) in [6, 6.07) is 23.6. The van der Waals surface area contributed by atoms with Crippen molar-refractivity contribution in [2.24, 2.45) is 5.41 Å². The van der Waals surface area contributed by atoms with Crippen molar-refractivity contribution in [2.45, 2.75) is 34.6 Å². The highest BCUT2D eigenvalue weighted by Gasteiger charge is 2.60. The largest absolute Gasteiger partial charge is 0.501 e. The Morgan fingerprint density at radius 2 is 1.57 bits per heavy atom. The summed E-state index contributed by atoms with van der Waals surface area (Å²) >= 11 is 0. The molecular weight excluding hydrogens is 749 g/mol. The number of sulfonamides is 1. The van der Waals surface area contributed by atoms with E-state index in [9.17, 15) is 8.42 Å². The normalized spacial score (nSPS) is 26.0. The van der Waals surface area contributed by atoms with Crippen molar-refractivity contribution >= 4 is 30.8 Å². The Morgan fingerprint density at radius 3 is 2.27 bits per heavy atom. The van der Waals surface area contributed by atoms with Gasteiger partial charge in [0, 0.05) is 112 Å². The summed E-state index contributed by atoms with van der Waals surface area (Å²) in [6.45, 7) is 9.58. The lowest BCUT2D eigenvalue weighted by atomic mass is 9.72. The summed E-state index contributed by atoms with van der Waals surface area (Å²) in [5.41, 5.74) is -0.246. The van der Waals surface area contributed by atoms with E-state index in [0.29, 0.717) is 36.5 Å². The number of benzene rings is 3. The van der Waals surface area contributed by atoms with E-state index in [-0.39, 0.29) is 21.4 Å². The monoisotopic (exact) mass is 799 g/mol. The van der Waals surface area contributed by atoms with Crippen LogP contribution in [-0.2, 0) is 29.4 Å². The number of hydrogen-bond acceptors (Lipinski definition) is 10. The molecule has 4 atom stereocenters. The fourth-order valence-electron chi connectivity index (χ4n) is 8.73. The molecule has 8 rings (SSSR count). The van der Waals surface area contributed by atoms with Gasteiger partial charge in [0.2, 0.25) is 15.3 Å². The number of allylic oxidation sites excluding steroid dienone is 3. The number of likely N-dealkylation sites (N-methyl/N-ethyl adjacent to an activating group) is 1. The number of sulfone groups is 1. The summed E-state index contributed by atoms with van der Waals surface area (Å²) in [5.74, 6) is 0.606. The Balaban J connectivity index is 1.35. The predicted octanol–water partition coefficient (Wildman–Crippen LogP) is 5.02. The molecule has 3 aliphatic heterocycles. The third kappa shape index (κ3) is 7.06. The van der Waals surface area contributed by atoms with Gasteiger partial charge >= 0.3 is 10.0 Å². The number of hydrogen-bond donors (Lipinski definition) is 2. The molecule has 14 heteroatoms. The molecule has 0 amide bonds. The summed E-state index contributed by atoms with van der Waals surface area (Å²) in [4.78, 5) is 17.4. The molecule has 4 aliphatic rings. The highest BCUT2D eigenvalue weighted by molar-refractivity contribution is 7.91. The first kappa shape index (κ1) is 38.7. The van der Waals surface area contributed by atoms with Crippen LogP contribution < -0.4 is 5.32 Å². The highest BCUT2D eigenvalue weighted by Crippen LogP contribution is 2.53. The first-order valence-electron chi connectivity index (χ1n) is 19.2. The van der Waals surface area contributed by atoms with Gasteiger partial charge in [-0.25, -0.2) is 8.42 Å². The van der Waals surface area contributed by atoms with Crippen molar-refractivity contribution in [2.75, 3.05) is 73.1 Å². The number of quaternary nitrogens is 1. The SMILES string of the molecule is COC1=CC2=C(C=C[N+]2(OC(c2ccc3cc[nH]c3c2)S(=O)(=O)c2ccccc2)S(=O)(=O)c2ccccc2)C(CN2CCN(C)CC2)(CN2CCN[C@@H](C)C2)C1. The summed E-state index contributed by atoms with van der Waals surface area (Å²) in [7, 11) is -5.18. The maximum Gasteiger partial charge on any atom is 0.366 e. The lowest BCUT2D eigenvalue weighted by Crippen LogP contribution is -2.57. The smallest absolute Gasteiger partial charge is 0.366 e. The quantitative estimate of drug-likeness (QED) is 0.189. The molecule has 0 bridgehead atoms. The van der Waals surface area contributed by atoms with Gasteiger partial charge in [0.1, 0.15) is 10.7 Å². The van der Waals surface area contributed by atoms with Crippen LogP contribution in [0.2, 0.25) is 0 Å². The molecule has 0 radical (unpaired) electrons. The minimum atomic E-state index is -4.56. The lowest BCUT2D eigenvalue weighted by molar-refractivity contribution is -0.934. The maximum atomic E-state index is 15.5. The molecule has 2 N–H and O–H groups in total. The fourth-order valence-corrected chi connectivity index (χ4v) is 12.0. The van der Waals surface area contributed by atoms with E-state index in [0.717, 1.165) is 56.8 Å². The lowest BCUT2D eigenvalue weighted by Gasteiger charge is -2.47. The Kier molecular flexibility index (Phi) is 10.6. The van der Waals surface area contributed by atoms with Gasteiger partial charge in [-0.15, -0.1) is 0 Å². The van der Waals surface area contributed by atoms with Gasteiger partial charge in [-0.3, -0.25) is 9.80 Å². The van der Waals surface area contributed by atoms with Crippen LogP contribution in [0, 0.1) is 5.41 Å². The number of piperazine rings is 2. The molecule has 12 nitrogen and oxygen atoms in total. The third-order valence-electron chi connectivity index (χ3n) is 11.6. The van der Waals surface area contributed by atoms with Crippen LogP contribution in [0.3, 0.4) is 0 Å². The van der Waals surface area contributed by atoms with Gasteiger partial charge in [-0.05, 0) is 59.8 Å². The fraction of sp³-hybridized carbons (Fsp3) is 0.381. The maximum absolute atomic E-state index is 15.5. The number of methoxy groups -OCH3 is 1. The molecule has 296 valence electrons. The Morgan fingerprint density at radius 1 is 0.875 bits per heavy atom. The van der Waals surface area contributed by atoms with Crippen molar-refractivity contribution < 1.29 is 30.5 Å². The molecule has 0 spiro atoms. The summed E-state index contributed by atoms with van der Waals surface area (Å²) in [5, 5.41) is 4.44. The molecular formula is C42H51N6O6S2+. The molecule has 1 aromatic heterocycles. The molecule has 2 fully saturated rings. The highest BCUT2D eigenvalue weighted by atomic mass is 32.2. The van der Waals surface area contributed by atoms with Crippen molar-refractivity contribution in [1.82, 2.24) is 25.0 Å². The van der Waals surface area contributed by atoms with Crippen molar-refractivity contribution in [3.8, 4) is 0 Å². The minimum Gasteiger partial charge on any atom is -0.501 e. The van der Waals surface area contributed by atoms with Gasteiger partial charge in [-0.2, -0.15) is 13.3 Å². The van der Waals surface area contributed by atoms with E-state index >= 15 is 8.42 Å². The first-order chi connectivity index (χ1) is 26.9. The van der Waals surface area contributed by atoms with Crippen LogP contribution in [0.4, 0.5) is 0 Å². The minimum absolute atomic E-state index is 0.00684. The number of H-pyrrole nitrogens is 1. The van der Waals surface area contributed by atoms with E-state index in [4.69, 9.17) is 9.57 Å². The second-order valence-electron chi connectivity index (χ2n) is 15.6. The van der Waals surface area contributed by atoms with E-state index in [1.807, 2.05) is 18.2 Å². The van der Waals surface area contributed by atoms with Gasteiger partial charge in [0.05, 0.1) is 12.0 Å². The van der Waals surface area contributed by atoms with Gasteiger partial charge in [0.25, 0.3) is 0 Å². The zero-order valence-electron chi connectivity index (χ0n) is 32.2. The number of aromatic nitrogens is 1. The molecule has 3 aromatic carbocycles. The van der Waals surface area contributed by atoms with E-state index in [1.165, 1.54) is 30.5 Å². The second-order valence-corrected chi connectivity index (χ2v) is 19.5. The van der Waals surface area contributed by atoms with E-state index < -0.39 is 34.8 Å². The molecule has 1 aliphatic carbocycles. The number of hydroxylamine groups is 2. The topological polar surface area (TPSA) is 124 Å². The van der Waals surface area contributed by atoms with Crippen LogP contribution in [-0.4, -0.2) is 120 Å². The molecule has 56 heavy (non-hydrogen) atoms. The second kappa shape index (κ2) is 15.3. The summed E-state index contributed by atoms with van der Waals surface area (Å²) in [6.07, 6.45) is 7.49. The molecule has 4 aromatic rings. The number of rotatable bonds is 12. The molecule has 2 saturated heterocycles. The number of ether oxygens (including phenoxy) is 1. The molecule has 3 unspecified atom stereocenters. The van der Waals surface area contributed by atoms with Crippen LogP contribution in [0.5, 0.6) is 0 Å². The van der Waals surface area contributed by atoms with Gasteiger partial charge in [-0.1, -0.05) is 48.5 Å². The predicted molar refractivity (Wildman–Crippen MR) is 216 cm³/mol. The van der Waals surface area contributed by atoms with Gasteiger partial charge < -0.3 is 19.9 Å². The van der Waals surface area contributed by atoms with Crippen molar-refractivity contribution in [3.63, 3.8) is 0 Å². The van der Waals surface area contributed by atoms with Crippen LogP contribution >= 0.6 is 0 Å². The third-order valence-corrected chi connectivity index (χ3v) is 15.5. The van der Waals surface area contributed by atoms with E-state index in [2.05, 4.69) is 39.0 Å². The average Bonchev–Trinajstić information content (AvgIpc) is 3.84. The number of nitrogens with zero attached hydrogens (tertiary/aromatic N) is 4. The number of nitrogens with one attached hydrogen (secondary N) is 2. The van der Waals surface area contributed by atoms with Gasteiger partial charge in [0.15, 0.2) is 11.9 Å². The first-order valence-corrected chi connectivity index (χ1v) is 22.2. The Labute approximate surface area is 330 Å². The van der Waals surface area contributed by atoms with Crippen LogP contribution in [0.15, 0.2) is 136 Å². The van der Waals surface area contributed by atoms with E-state index in [1.54, 1.807) is 67.9 Å². The van der Waals surface area contributed by atoms with Crippen LogP contribution in [0.1, 0.15) is 24.3 Å². The number of fused-ring (bicyclic) bond motifs is 1. The summed E-state index contributed by atoms with van der Waals surface area (Å²) < 4.78 is 65.9. The average molecular weight is 800 g/mol. The number of aromatic amines is 1. The molecule has 4 heterocycles. The molecule has 0 saturated carbocycles. The Hall–Kier alpha value is -4.12. The standard InChI is InChI=1S/C42H51N6O6S2/c1-32-29-47(20-19-43-32)31-42(30-46-23-21-45(2)22-24-46)28-35(53-3)27-40-38(42)17-25-48(40,56(51,52)37-12-8-5-9-13-37)54-41(55(49,50)36-10-6-4-7-11-36)34-15-14-33-16-18-44-39(33)26-34/h4-18,25-27,32,41,43-44H,19-24,28-31H2,1-3H3/q+1/t32-,41?,42?,48?/m0/s1. The van der Waals surface area contributed by atoms with Crippen molar-refractivity contribution in [1.29, 1.82) is 0 Å². The van der Waals surface area contributed by atoms with Crippen LogP contribution in [0.25, 0.3) is 10.9 Å². The zero-order valence-corrected chi connectivity index (χ0v) is 33.8. The Bertz CT molecular complexity index is 2370. The van der Waals surface area contributed by atoms with Crippen molar-refractivity contribution in [3.05, 3.63) is 132 Å². The zero-order chi connectivity index (χ0) is 39.1.